The van der Waals surface area contributed by atoms with Crippen molar-refractivity contribution in [2.45, 2.75) is 27.2 Å². The summed E-state index contributed by atoms with van der Waals surface area (Å²) in [6, 6.07) is 0. The zero-order valence-electron chi connectivity index (χ0n) is 10.1. The molecule has 17 heavy (non-hydrogen) atoms. The zero-order chi connectivity index (χ0) is 13.0. The Morgan fingerprint density at radius 1 is 1.35 bits per heavy atom. The summed E-state index contributed by atoms with van der Waals surface area (Å²) < 4.78 is 10.6. The van der Waals surface area contributed by atoms with E-state index < -0.39 is 5.97 Å². The molecule has 0 aliphatic heterocycles. The third kappa shape index (κ3) is 2.97. The van der Waals surface area contributed by atoms with Gasteiger partial charge in [0.1, 0.15) is 11.3 Å². The van der Waals surface area contributed by atoms with E-state index in [4.69, 9.17) is 9.47 Å². The van der Waals surface area contributed by atoms with E-state index in [1.54, 1.807) is 6.92 Å². The van der Waals surface area contributed by atoms with Gasteiger partial charge < -0.3 is 9.47 Å². The van der Waals surface area contributed by atoms with Crippen LogP contribution in [0.3, 0.4) is 0 Å². The van der Waals surface area contributed by atoms with Gasteiger partial charge in [0, 0.05) is 6.42 Å². The van der Waals surface area contributed by atoms with Gasteiger partial charge in [-0.1, -0.05) is 0 Å². The monoisotopic (exact) mass is 302 g/mol. The molecule has 0 aromatic carbocycles. The van der Waals surface area contributed by atoms with Gasteiger partial charge in [-0.05, 0) is 42.3 Å². The number of carbonyl (C=O) groups is 2. The normalized spacial score (nSPS) is 16.4. The fourth-order valence-electron chi connectivity index (χ4n) is 1.54. The predicted octanol–water partition coefficient (Wildman–Crippen LogP) is 2.48. The fourth-order valence-corrected chi connectivity index (χ4v) is 1.88. The summed E-state index contributed by atoms with van der Waals surface area (Å²) in [5, 5.41) is 0. The molecule has 0 spiro atoms. The second-order valence-electron chi connectivity index (χ2n) is 3.55. The maximum absolute atomic E-state index is 12.0. The van der Waals surface area contributed by atoms with Gasteiger partial charge in [0.15, 0.2) is 0 Å². The second-order valence-corrected chi connectivity index (χ2v) is 4.34. The van der Waals surface area contributed by atoms with E-state index >= 15 is 0 Å². The molecule has 0 aromatic heterocycles. The number of ether oxygens (including phenoxy) is 2. The van der Waals surface area contributed by atoms with Crippen molar-refractivity contribution in [1.29, 1.82) is 0 Å². The molecule has 0 heterocycles. The molecule has 5 heteroatoms. The van der Waals surface area contributed by atoms with E-state index in [0.29, 0.717) is 23.3 Å². The molecule has 0 N–H and O–H groups in total. The molecule has 0 unspecified atom stereocenters. The number of esters is 1. The molecule has 1 aliphatic rings. The highest BCUT2D eigenvalue weighted by Gasteiger charge is 2.32. The minimum atomic E-state index is -0.620. The van der Waals surface area contributed by atoms with E-state index in [-0.39, 0.29) is 18.0 Å². The lowest BCUT2D eigenvalue weighted by molar-refractivity contribution is -0.140. The van der Waals surface area contributed by atoms with Crippen LogP contribution in [0.4, 0.5) is 0 Å². The Kier molecular flexibility index (Phi) is 4.93. The van der Waals surface area contributed by atoms with Crippen LogP contribution in [0.25, 0.3) is 0 Å². The zero-order valence-corrected chi connectivity index (χ0v) is 11.7. The molecule has 0 radical (unpaired) electrons. The molecule has 0 amide bonds. The maximum atomic E-state index is 12.0. The van der Waals surface area contributed by atoms with Crippen molar-refractivity contribution in [3.05, 3.63) is 21.4 Å². The van der Waals surface area contributed by atoms with E-state index in [1.807, 2.05) is 13.8 Å². The first kappa shape index (κ1) is 14.0. The van der Waals surface area contributed by atoms with Crippen molar-refractivity contribution in [2.24, 2.45) is 0 Å². The van der Waals surface area contributed by atoms with E-state index in [9.17, 15) is 9.59 Å². The number of hydrogen-bond donors (Lipinski definition) is 0. The summed E-state index contributed by atoms with van der Waals surface area (Å²) in [6.45, 7) is 5.97. The average molecular weight is 303 g/mol. The maximum Gasteiger partial charge on any atom is 0.345 e. The molecule has 1 aliphatic carbocycles. The van der Waals surface area contributed by atoms with Crippen molar-refractivity contribution in [1.82, 2.24) is 0 Å². The summed E-state index contributed by atoms with van der Waals surface area (Å²) in [6.07, 6.45) is 0.453. The third-order valence-corrected chi connectivity index (χ3v) is 3.34. The Balaban J connectivity index is 3.11. The fraction of sp³-hybridized carbons (Fsp3) is 0.500. The van der Waals surface area contributed by atoms with Crippen LogP contribution in [-0.4, -0.2) is 25.0 Å². The summed E-state index contributed by atoms with van der Waals surface area (Å²) in [7, 11) is 0. The van der Waals surface area contributed by atoms with Crippen molar-refractivity contribution in [2.75, 3.05) is 13.2 Å². The van der Waals surface area contributed by atoms with Gasteiger partial charge in [0.2, 0.25) is 5.78 Å². The molecular formula is C12H15BrO4. The first-order chi connectivity index (χ1) is 8.02. The SMILES string of the molecule is CCOC(=O)C1=C(OCC)CC(C)=C(Br)C1=O. The molecule has 0 saturated heterocycles. The van der Waals surface area contributed by atoms with E-state index in [1.165, 1.54) is 0 Å². The van der Waals surface area contributed by atoms with Crippen molar-refractivity contribution >= 4 is 27.7 Å². The van der Waals surface area contributed by atoms with Crippen LogP contribution in [0.15, 0.2) is 21.4 Å². The number of Topliss-reactive ketones (excluding diaryl/α,β-unsaturated/α-hetero) is 1. The van der Waals surface area contributed by atoms with Crippen molar-refractivity contribution in [3.63, 3.8) is 0 Å². The van der Waals surface area contributed by atoms with E-state index in [0.717, 1.165) is 5.57 Å². The molecule has 94 valence electrons. The number of carbonyl (C=O) groups excluding carboxylic acids is 2. The van der Waals surface area contributed by atoms with Gasteiger partial charge in [-0.3, -0.25) is 4.79 Å². The van der Waals surface area contributed by atoms with Gasteiger partial charge in [0.05, 0.1) is 17.7 Å². The summed E-state index contributed by atoms with van der Waals surface area (Å²) >= 11 is 3.19. The highest BCUT2D eigenvalue weighted by atomic mass is 79.9. The second kappa shape index (κ2) is 6.00. The third-order valence-electron chi connectivity index (χ3n) is 2.30. The highest BCUT2D eigenvalue weighted by molar-refractivity contribution is 9.12. The Morgan fingerprint density at radius 3 is 2.53 bits per heavy atom. The first-order valence-corrected chi connectivity index (χ1v) is 6.25. The van der Waals surface area contributed by atoms with Crippen LogP contribution < -0.4 is 0 Å². The number of ketones is 1. The molecule has 0 fully saturated rings. The van der Waals surface area contributed by atoms with Crippen LogP contribution in [0.5, 0.6) is 0 Å². The standard InChI is InChI=1S/C12H15BrO4/c1-4-16-8-6-7(3)10(13)11(14)9(8)12(15)17-5-2/h4-6H2,1-3H3. The summed E-state index contributed by atoms with van der Waals surface area (Å²) in [5.74, 6) is -0.585. The summed E-state index contributed by atoms with van der Waals surface area (Å²) in [5.41, 5.74) is 0.859. The topological polar surface area (TPSA) is 52.6 Å². The van der Waals surface area contributed by atoms with E-state index in [2.05, 4.69) is 15.9 Å². The molecule has 0 saturated carbocycles. The number of allylic oxidation sites excluding steroid dienone is 2. The first-order valence-electron chi connectivity index (χ1n) is 5.45. The highest BCUT2D eigenvalue weighted by Crippen LogP contribution is 2.31. The average Bonchev–Trinajstić information content (AvgIpc) is 2.27. The lowest BCUT2D eigenvalue weighted by Gasteiger charge is -2.19. The Hall–Kier alpha value is -1.10. The molecule has 4 nitrogen and oxygen atoms in total. The Bertz CT molecular complexity index is 407. The van der Waals surface area contributed by atoms with Gasteiger partial charge >= 0.3 is 5.97 Å². The van der Waals surface area contributed by atoms with Gasteiger partial charge in [-0.15, -0.1) is 0 Å². The van der Waals surface area contributed by atoms with Crippen LogP contribution in [0.2, 0.25) is 0 Å². The Morgan fingerprint density at radius 2 is 2.00 bits per heavy atom. The minimum Gasteiger partial charge on any atom is -0.497 e. The quantitative estimate of drug-likeness (QED) is 0.591. The summed E-state index contributed by atoms with van der Waals surface area (Å²) in [4.78, 5) is 23.7. The molecule has 1 rings (SSSR count). The lowest BCUT2D eigenvalue weighted by Crippen LogP contribution is -2.23. The van der Waals surface area contributed by atoms with Crippen LogP contribution >= 0.6 is 15.9 Å². The van der Waals surface area contributed by atoms with Crippen molar-refractivity contribution in [3.8, 4) is 0 Å². The lowest BCUT2D eigenvalue weighted by atomic mass is 9.97. The van der Waals surface area contributed by atoms with Gasteiger partial charge in [-0.2, -0.15) is 0 Å². The smallest absolute Gasteiger partial charge is 0.345 e. The molecule has 0 atom stereocenters. The number of halogens is 1. The number of hydrogen-bond acceptors (Lipinski definition) is 4. The number of rotatable bonds is 4. The van der Waals surface area contributed by atoms with Crippen LogP contribution in [0.1, 0.15) is 27.2 Å². The Labute approximate surface area is 109 Å². The molecule has 0 bridgehead atoms. The van der Waals surface area contributed by atoms with Crippen LogP contribution in [0, 0.1) is 0 Å². The molecule has 0 aromatic rings. The largest absolute Gasteiger partial charge is 0.497 e. The van der Waals surface area contributed by atoms with Crippen LogP contribution in [-0.2, 0) is 19.1 Å². The van der Waals surface area contributed by atoms with Crippen molar-refractivity contribution < 1.29 is 19.1 Å². The van der Waals surface area contributed by atoms with Gasteiger partial charge in [0.25, 0.3) is 0 Å². The predicted molar refractivity (Wildman–Crippen MR) is 66.5 cm³/mol. The minimum absolute atomic E-state index is 0.00572. The van der Waals surface area contributed by atoms with Gasteiger partial charge in [-0.25, -0.2) is 4.79 Å². The molecular weight excluding hydrogens is 288 g/mol.